The number of benzene rings is 1. The van der Waals surface area contributed by atoms with Crippen LogP contribution in [0.4, 0.5) is 5.69 Å². The van der Waals surface area contributed by atoms with Crippen molar-refractivity contribution in [2.45, 2.75) is 37.5 Å². The Kier molecular flexibility index (Phi) is 3.57. The fraction of sp³-hybridized carbons (Fsp3) is 0.538. The number of nitrogens with two attached hydrogens (primary N) is 1. The zero-order valence-electron chi connectivity index (χ0n) is 9.33. The second-order valence-corrected chi connectivity index (χ2v) is 5.63. The standard InChI is InChI=1S/C13H19NS/c1-10-6-12(14)8-13(7-10)15-9-11-4-2-3-5-11/h6-8,11H,2-5,9,14H2,1H3. The van der Waals surface area contributed by atoms with E-state index in [0.717, 1.165) is 11.6 Å². The summed E-state index contributed by atoms with van der Waals surface area (Å²) >= 11 is 1.97. The van der Waals surface area contributed by atoms with Crippen molar-refractivity contribution < 1.29 is 0 Å². The smallest absolute Gasteiger partial charge is 0.0327 e. The summed E-state index contributed by atoms with van der Waals surface area (Å²) in [6.45, 7) is 2.11. The molecule has 0 aromatic heterocycles. The van der Waals surface area contributed by atoms with Gasteiger partial charge >= 0.3 is 0 Å². The SMILES string of the molecule is Cc1cc(N)cc(SCC2CCCC2)c1. The summed E-state index contributed by atoms with van der Waals surface area (Å²) in [5.41, 5.74) is 7.99. The van der Waals surface area contributed by atoms with Gasteiger partial charge in [-0.15, -0.1) is 11.8 Å². The summed E-state index contributed by atoms with van der Waals surface area (Å²) in [7, 11) is 0. The maximum Gasteiger partial charge on any atom is 0.0327 e. The molecular weight excluding hydrogens is 202 g/mol. The highest BCUT2D eigenvalue weighted by molar-refractivity contribution is 7.99. The molecular formula is C13H19NS. The molecule has 1 aliphatic rings. The molecule has 1 fully saturated rings. The summed E-state index contributed by atoms with van der Waals surface area (Å²) in [6, 6.07) is 6.35. The Labute approximate surface area is 96.4 Å². The van der Waals surface area contributed by atoms with Gasteiger partial charge in [0.25, 0.3) is 0 Å². The van der Waals surface area contributed by atoms with Crippen LogP contribution in [0.2, 0.25) is 0 Å². The van der Waals surface area contributed by atoms with E-state index in [1.165, 1.54) is 41.9 Å². The van der Waals surface area contributed by atoms with Crippen molar-refractivity contribution >= 4 is 17.4 Å². The first kappa shape index (κ1) is 10.9. The van der Waals surface area contributed by atoms with Crippen molar-refractivity contribution in [3.63, 3.8) is 0 Å². The molecule has 0 aliphatic heterocycles. The Bertz CT molecular complexity index is 309. The molecule has 1 nitrogen and oxygen atoms in total. The first-order chi connectivity index (χ1) is 7.24. The zero-order chi connectivity index (χ0) is 10.7. The summed E-state index contributed by atoms with van der Waals surface area (Å²) in [5.74, 6) is 2.21. The van der Waals surface area contributed by atoms with E-state index in [2.05, 4.69) is 19.1 Å². The monoisotopic (exact) mass is 221 g/mol. The van der Waals surface area contributed by atoms with Crippen molar-refractivity contribution in [2.75, 3.05) is 11.5 Å². The van der Waals surface area contributed by atoms with Gasteiger partial charge in [0.05, 0.1) is 0 Å². The first-order valence-corrected chi connectivity index (χ1v) is 6.72. The maximum atomic E-state index is 5.83. The molecule has 2 rings (SSSR count). The van der Waals surface area contributed by atoms with Crippen LogP contribution in [-0.2, 0) is 0 Å². The predicted octanol–water partition coefficient (Wildman–Crippen LogP) is 3.86. The Morgan fingerprint density at radius 2 is 2.00 bits per heavy atom. The molecule has 82 valence electrons. The van der Waals surface area contributed by atoms with Crippen molar-refractivity contribution in [3.05, 3.63) is 23.8 Å². The van der Waals surface area contributed by atoms with E-state index in [1.54, 1.807) is 0 Å². The van der Waals surface area contributed by atoms with Crippen LogP contribution < -0.4 is 5.73 Å². The fourth-order valence-electron chi connectivity index (χ4n) is 2.25. The van der Waals surface area contributed by atoms with E-state index >= 15 is 0 Å². The minimum Gasteiger partial charge on any atom is -0.399 e. The van der Waals surface area contributed by atoms with Gasteiger partial charge in [-0.05, 0) is 49.4 Å². The van der Waals surface area contributed by atoms with Crippen LogP contribution in [0.25, 0.3) is 0 Å². The number of thioether (sulfide) groups is 1. The van der Waals surface area contributed by atoms with Crippen LogP contribution in [0.15, 0.2) is 23.1 Å². The molecule has 0 atom stereocenters. The Balaban J connectivity index is 1.92. The summed E-state index contributed by atoms with van der Waals surface area (Å²) in [5, 5.41) is 0. The first-order valence-electron chi connectivity index (χ1n) is 5.74. The fourth-order valence-corrected chi connectivity index (χ4v) is 3.50. The minimum absolute atomic E-state index is 0.893. The predicted molar refractivity (Wildman–Crippen MR) is 68.3 cm³/mol. The third kappa shape index (κ3) is 3.16. The molecule has 2 heteroatoms. The average molecular weight is 221 g/mol. The normalized spacial score (nSPS) is 17.1. The number of hydrogen-bond acceptors (Lipinski definition) is 2. The summed E-state index contributed by atoms with van der Waals surface area (Å²) < 4.78 is 0. The van der Waals surface area contributed by atoms with Gasteiger partial charge < -0.3 is 5.73 Å². The third-order valence-corrected chi connectivity index (χ3v) is 4.24. The molecule has 2 N–H and O–H groups in total. The summed E-state index contributed by atoms with van der Waals surface area (Å²) in [6.07, 6.45) is 5.71. The Morgan fingerprint density at radius 3 is 2.67 bits per heavy atom. The number of hydrogen-bond donors (Lipinski definition) is 1. The largest absolute Gasteiger partial charge is 0.399 e. The quantitative estimate of drug-likeness (QED) is 0.619. The van der Waals surface area contributed by atoms with Gasteiger partial charge in [0.1, 0.15) is 0 Å². The molecule has 0 spiro atoms. The van der Waals surface area contributed by atoms with Gasteiger partial charge in [0.2, 0.25) is 0 Å². The van der Waals surface area contributed by atoms with E-state index < -0.39 is 0 Å². The molecule has 0 saturated heterocycles. The lowest BCUT2D eigenvalue weighted by Crippen LogP contribution is -1.96. The van der Waals surface area contributed by atoms with Gasteiger partial charge in [-0.25, -0.2) is 0 Å². The van der Waals surface area contributed by atoms with Crippen molar-refractivity contribution in [2.24, 2.45) is 5.92 Å². The van der Waals surface area contributed by atoms with Gasteiger partial charge in [-0.1, -0.05) is 12.8 Å². The van der Waals surface area contributed by atoms with Gasteiger partial charge in [-0.2, -0.15) is 0 Å². The van der Waals surface area contributed by atoms with E-state index in [9.17, 15) is 0 Å². The molecule has 0 radical (unpaired) electrons. The van der Waals surface area contributed by atoms with Gasteiger partial charge in [-0.3, -0.25) is 0 Å². The molecule has 1 saturated carbocycles. The lowest BCUT2D eigenvalue weighted by molar-refractivity contribution is 0.623. The van der Waals surface area contributed by atoms with Gasteiger partial charge in [0.15, 0.2) is 0 Å². The van der Waals surface area contributed by atoms with Crippen LogP contribution in [-0.4, -0.2) is 5.75 Å². The second-order valence-electron chi connectivity index (χ2n) is 4.54. The van der Waals surface area contributed by atoms with E-state index in [1.807, 2.05) is 17.8 Å². The van der Waals surface area contributed by atoms with Crippen LogP contribution in [0.5, 0.6) is 0 Å². The van der Waals surface area contributed by atoms with E-state index in [0.29, 0.717) is 0 Å². The van der Waals surface area contributed by atoms with Crippen LogP contribution >= 0.6 is 11.8 Å². The van der Waals surface area contributed by atoms with Gasteiger partial charge in [0, 0.05) is 16.3 Å². The average Bonchev–Trinajstić information content (AvgIpc) is 2.65. The number of rotatable bonds is 3. The van der Waals surface area contributed by atoms with Crippen LogP contribution in [0.1, 0.15) is 31.2 Å². The molecule has 1 aromatic carbocycles. The summed E-state index contributed by atoms with van der Waals surface area (Å²) in [4.78, 5) is 1.33. The molecule has 0 unspecified atom stereocenters. The van der Waals surface area contributed by atoms with Crippen LogP contribution in [0, 0.1) is 12.8 Å². The molecule has 15 heavy (non-hydrogen) atoms. The molecule has 0 heterocycles. The second kappa shape index (κ2) is 4.93. The molecule has 0 amide bonds. The van der Waals surface area contributed by atoms with Crippen molar-refractivity contribution in [1.29, 1.82) is 0 Å². The van der Waals surface area contributed by atoms with Crippen LogP contribution in [0.3, 0.4) is 0 Å². The Hall–Kier alpha value is -0.630. The highest BCUT2D eigenvalue weighted by Gasteiger charge is 2.14. The van der Waals surface area contributed by atoms with E-state index in [-0.39, 0.29) is 0 Å². The highest BCUT2D eigenvalue weighted by Crippen LogP contribution is 2.31. The zero-order valence-corrected chi connectivity index (χ0v) is 10.1. The third-order valence-electron chi connectivity index (χ3n) is 3.03. The Morgan fingerprint density at radius 1 is 1.27 bits per heavy atom. The highest BCUT2D eigenvalue weighted by atomic mass is 32.2. The molecule has 0 bridgehead atoms. The van der Waals surface area contributed by atoms with Crippen molar-refractivity contribution in [3.8, 4) is 0 Å². The number of anilines is 1. The van der Waals surface area contributed by atoms with E-state index in [4.69, 9.17) is 5.73 Å². The number of aryl methyl sites for hydroxylation is 1. The van der Waals surface area contributed by atoms with Crippen molar-refractivity contribution in [1.82, 2.24) is 0 Å². The number of nitrogen functional groups attached to an aromatic ring is 1. The molecule has 1 aromatic rings. The minimum atomic E-state index is 0.893. The molecule has 1 aliphatic carbocycles. The topological polar surface area (TPSA) is 26.0 Å². The lowest BCUT2D eigenvalue weighted by atomic mass is 10.1. The lowest BCUT2D eigenvalue weighted by Gasteiger charge is -2.09. The maximum absolute atomic E-state index is 5.83.